The van der Waals surface area contributed by atoms with Crippen LogP contribution in [0.25, 0.3) is 0 Å². The summed E-state index contributed by atoms with van der Waals surface area (Å²) in [6.45, 7) is 0.312. The Balaban J connectivity index is 1.54. The second-order valence-electron chi connectivity index (χ2n) is 8.43. The Labute approximate surface area is 177 Å². The molecule has 0 N–H and O–H groups in total. The van der Waals surface area contributed by atoms with Gasteiger partial charge in [0.25, 0.3) is 5.69 Å². The number of benzene rings is 1. The standard InChI is InChI=1S/C23H32N2O5/c26-17-18-13-14-21(16-22(18)25(28)29)30-15-7-12-23(27)24(19-8-3-1-4-9-19)20-10-5-2-6-11-20/h13-14,16-17,19-20H,1-12,15H2. The van der Waals surface area contributed by atoms with Crippen molar-refractivity contribution in [1.82, 2.24) is 4.90 Å². The molecule has 2 aliphatic carbocycles. The lowest BCUT2D eigenvalue weighted by Gasteiger charge is -2.42. The molecular weight excluding hydrogens is 384 g/mol. The summed E-state index contributed by atoms with van der Waals surface area (Å²) in [4.78, 5) is 36.7. The quantitative estimate of drug-likeness (QED) is 0.243. The third-order valence-corrected chi connectivity index (χ3v) is 6.35. The van der Waals surface area contributed by atoms with Crippen LogP contribution in [-0.4, -0.2) is 40.7 Å². The molecule has 0 aromatic heterocycles. The Kier molecular flexibility index (Phi) is 8.22. The van der Waals surface area contributed by atoms with Crippen molar-refractivity contribution in [3.05, 3.63) is 33.9 Å². The monoisotopic (exact) mass is 416 g/mol. The fourth-order valence-electron chi connectivity index (χ4n) is 4.84. The summed E-state index contributed by atoms with van der Waals surface area (Å²) < 4.78 is 5.63. The SMILES string of the molecule is O=Cc1ccc(OCCCC(=O)N(C2CCCCC2)C2CCCCC2)cc1[N+](=O)[O-]. The normalized spacial score (nSPS) is 18.0. The zero-order chi connectivity index (χ0) is 21.3. The molecule has 2 fully saturated rings. The smallest absolute Gasteiger partial charge is 0.283 e. The number of nitro benzene ring substituents is 1. The first-order chi connectivity index (χ1) is 14.6. The van der Waals surface area contributed by atoms with Crippen LogP contribution >= 0.6 is 0 Å². The number of hydrogen-bond acceptors (Lipinski definition) is 5. The summed E-state index contributed by atoms with van der Waals surface area (Å²) in [5, 5.41) is 11.1. The highest BCUT2D eigenvalue weighted by Crippen LogP contribution is 2.31. The number of ether oxygens (including phenoxy) is 1. The third kappa shape index (κ3) is 5.80. The average Bonchev–Trinajstić information content (AvgIpc) is 2.78. The number of nitrogens with zero attached hydrogens (tertiary/aromatic N) is 2. The molecule has 3 rings (SSSR count). The molecule has 1 amide bonds. The number of carbonyl (C=O) groups excluding carboxylic acids is 2. The minimum absolute atomic E-state index is 0.0260. The van der Waals surface area contributed by atoms with E-state index in [2.05, 4.69) is 4.90 Å². The molecule has 2 saturated carbocycles. The summed E-state index contributed by atoms with van der Waals surface area (Å²) >= 11 is 0. The number of hydrogen-bond donors (Lipinski definition) is 0. The minimum Gasteiger partial charge on any atom is -0.493 e. The van der Waals surface area contributed by atoms with Gasteiger partial charge < -0.3 is 9.64 Å². The molecule has 7 nitrogen and oxygen atoms in total. The maximum Gasteiger partial charge on any atom is 0.283 e. The van der Waals surface area contributed by atoms with Gasteiger partial charge in [0.2, 0.25) is 5.91 Å². The van der Waals surface area contributed by atoms with Gasteiger partial charge in [0, 0.05) is 18.5 Å². The summed E-state index contributed by atoms with van der Waals surface area (Å²) in [7, 11) is 0. The lowest BCUT2D eigenvalue weighted by molar-refractivity contribution is -0.385. The molecule has 30 heavy (non-hydrogen) atoms. The summed E-state index contributed by atoms with van der Waals surface area (Å²) in [6.07, 6.45) is 13.3. The van der Waals surface area contributed by atoms with Crippen molar-refractivity contribution in [2.75, 3.05) is 6.61 Å². The van der Waals surface area contributed by atoms with Crippen LogP contribution in [0.15, 0.2) is 18.2 Å². The van der Waals surface area contributed by atoms with Crippen molar-refractivity contribution in [1.29, 1.82) is 0 Å². The van der Waals surface area contributed by atoms with Gasteiger partial charge in [0.15, 0.2) is 6.29 Å². The number of aldehydes is 1. The summed E-state index contributed by atoms with van der Waals surface area (Å²) in [5.41, 5.74) is -0.238. The van der Waals surface area contributed by atoms with Gasteiger partial charge in [-0.3, -0.25) is 19.7 Å². The molecule has 0 unspecified atom stereocenters. The molecule has 0 saturated heterocycles. The average molecular weight is 417 g/mol. The molecule has 0 spiro atoms. The maximum atomic E-state index is 13.1. The lowest BCUT2D eigenvalue weighted by Crippen LogP contribution is -2.48. The van der Waals surface area contributed by atoms with Crippen molar-refractivity contribution >= 4 is 17.9 Å². The third-order valence-electron chi connectivity index (χ3n) is 6.35. The zero-order valence-corrected chi connectivity index (χ0v) is 17.6. The molecular formula is C23H32N2O5. The van der Waals surface area contributed by atoms with Gasteiger partial charge in [-0.1, -0.05) is 38.5 Å². The molecule has 0 heterocycles. The Morgan fingerprint density at radius 1 is 1.07 bits per heavy atom. The van der Waals surface area contributed by atoms with Crippen molar-refractivity contribution in [2.45, 2.75) is 89.1 Å². The van der Waals surface area contributed by atoms with Gasteiger partial charge in [-0.2, -0.15) is 0 Å². The predicted octanol–water partition coefficient (Wildman–Crippen LogP) is 5.06. The number of rotatable bonds is 9. The molecule has 0 bridgehead atoms. The Morgan fingerprint density at radius 2 is 1.67 bits per heavy atom. The molecule has 7 heteroatoms. The van der Waals surface area contributed by atoms with E-state index in [0.717, 1.165) is 25.7 Å². The van der Waals surface area contributed by atoms with Crippen LogP contribution in [0.1, 0.15) is 87.4 Å². The predicted molar refractivity (Wildman–Crippen MR) is 114 cm³/mol. The van der Waals surface area contributed by atoms with Gasteiger partial charge in [-0.05, 0) is 44.2 Å². The van der Waals surface area contributed by atoms with Crippen molar-refractivity contribution in [3.8, 4) is 5.75 Å². The number of amides is 1. The Hall–Kier alpha value is -2.44. The molecule has 164 valence electrons. The molecule has 1 aromatic carbocycles. The first-order valence-corrected chi connectivity index (χ1v) is 11.3. The van der Waals surface area contributed by atoms with Crippen LogP contribution in [0.3, 0.4) is 0 Å². The van der Waals surface area contributed by atoms with E-state index < -0.39 is 4.92 Å². The van der Waals surface area contributed by atoms with E-state index in [1.807, 2.05) is 0 Å². The summed E-state index contributed by atoms with van der Waals surface area (Å²) in [5.74, 6) is 0.566. The minimum atomic E-state index is -0.591. The van der Waals surface area contributed by atoms with Crippen molar-refractivity contribution in [3.63, 3.8) is 0 Å². The molecule has 2 aliphatic rings. The van der Waals surface area contributed by atoms with Crippen LogP contribution in [0.4, 0.5) is 5.69 Å². The van der Waals surface area contributed by atoms with E-state index in [0.29, 0.717) is 43.6 Å². The lowest BCUT2D eigenvalue weighted by atomic mass is 9.88. The van der Waals surface area contributed by atoms with Gasteiger partial charge in [-0.15, -0.1) is 0 Å². The van der Waals surface area contributed by atoms with E-state index in [-0.39, 0.29) is 17.2 Å². The number of carbonyl (C=O) groups is 2. The van der Waals surface area contributed by atoms with E-state index in [1.165, 1.54) is 50.7 Å². The largest absolute Gasteiger partial charge is 0.493 e. The Bertz CT molecular complexity index is 721. The zero-order valence-electron chi connectivity index (χ0n) is 17.6. The topological polar surface area (TPSA) is 89.8 Å². The molecule has 0 aliphatic heterocycles. The second-order valence-corrected chi connectivity index (χ2v) is 8.43. The fraction of sp³-hybridized carbons (Fsp3) is 0.652. The first kappa shape index (κ1) is 22.2. The van der Waals surface area contributed by atoms with Gasteiger partial charge in [0.1, 0.15) is 5.75 Å². The Morgan fingerprint density at radius 3 is 2.20 bits per heavy atom. The highest BCUT2D eigenvalue weighted by molar-refractivity contribution is 5.81. The van der Waals surface area contributed by atoms with Gasteiger partial charge in [-0.25, -0.2) is 0 Å². The highest BCUT2D eigenvalue weighted by atomic mass is 16.6. The number of nitro groups is 1. The van der Waals surface area contributed by atoms with Gasteiger partial charge >= 0.3 is 0 Å². The molecule has 1 aromatic rings. The maximum absolute atomic E-state index is 13.1. The fourth-order valence-corrected chi connectivity index (χ4v) is 4.84. The molecule has 0 radical (unpaired) electrons. The van der Waals surface area contributed by atoms with Crippen molar-refractivity contribution in [2.24, 2.45) is 0 Å². The van der Waals surface area contributed by atoms with Crippen LogP contribution in [-0.2, 0) is 4.79 Å². The van der Waals surface area contributed by atoms with Gasteiger partial charge in [0.05, 0.1) is 23.2 Å². The van der Waals surface area contributed by atoms with Crippen LogP contribution < -0.4 is 4.74 Å². The molecule has 0 atom stereocenters. The van der Waals surface area contributed by atoms with E-state index in [1.54, 1.807) is 6.07 Å². The van der Waals surface area contributed by atoms with E-state index in [4.69, 9.17) is 4.74 Å². The van der Waals surface area contributed by atoms with E-state index >= 15 is 0 Å². The van der Waals surface area contributed by atoms with E-state index in [9.17, 15) is 19.7 Å². The summed E-state index contributed by atoms with van der Waals surface area (Å²) in [6, 6.07) is 4.97. The second kappa shape index (κ2) is 11.1. The van der Waals surface area contributed by atoms with Crippen LogP contribution in [0.2, 0.25) is 0 Å². The highest BCUT2D eigenvalue weighted by Gasteiger charge is 2.31. The van der Waals surface area contributed by atoms with Crippen molar-refractivity contribution < 1.29 is 19.2 Å². The van der Waals surface area contributed by atoms with Crippen LogP contribution in [0, 0.1) is 10.1 Å². The van der Waals surface area contributed by atoms with Crippen LogP contribution in [0.5, 0.6) is 5.75 Å². The first-order valence-electron chi connectivity index (χ1n) is 11.3.